The molecule has 0 atom stereocenters. The summed E-state index contributed by atoms with van der Waals surface area (Å²) in [6, 6.07) is 10.6. The Labute approximate surface area is 144 Å². The highest BCUT2D eigenvalue weighted by Gasteiger charge is 2.06. The van der Waals surface area contributed by atoms with Gasteiger partial charge in [0.1, 0.15) is 17.1 Å². The second-order valence-corrected chi connectivity index (χ2v) is 5.52. The van der Waals surface area contributed by atoms with Crippen LogP contribution in [0, 0.1) is 0 Å². The maximum Gasteiger partial charge on any atom is 0.258 e. The molecule has 1 amide bonds. The molecule has 0 aliphatic heterocycles. The number of hydrogen-bond donors (Lipinski definition) is 1. The molecule has 0 spiro atoms. The highest BCUT2D eigenvalue weighted by molar-refractivity contribution is 6.30. The highest BCUT2D eigenvalue weighted by atomic mass is 35.5. The molecule has 1 aromatic carbocycles. The van der Waals surface area contributed by atoms with Gasteiger partial charge in [0, 0.05) is 23.5 Å². The molecule has 0 saturated carbocycles. The van der Waals surface area contributed by atoms with Crippen LogP contribution in [0.2, 0.25) is 5.02 Å². The third-order valence-electron chi connectivity index (χ3n) is 3.35. The lowest BCUT2D eigenvalue weighted by Crippen LogP contribution is -2.28. The maximum absolute atomic E-state index is 11.9. The van der Waals surface area contributed by atoms with Gasteiger partial charge in [0.25, 0.3) is 5.91 Å². The number of fused-ring (bicyclic) bond motifs is 1. The molecule has 24 heavy (non-hydrogen) atoms. The van der Waals surface area contributed by atoms with Gasteiger partial charge in [-0.25, -0.2) is 4.98 Å². The Morgan fingerprint density at radius 3 is 2.96 bits per heavy atom. The van der Waals surface area contributed by atoms with E-state index in [4.69, 9.17) is 21.1 Å². The van der Waals surface area contributed by atoms with Crippen molar-refractivity contribution in [3.8, 4) is 11.5 Å². The molecule has 2 heterocycles. The lowest BCUT2D eigenvalue weighted by molar-refractivity contribution is -0.123. The molecule has 0 radical (unpaired) electrons. The number of aromatic nitrogens is 2. The number of hydrogen-bond acceptors (Lipinski definition) is 4. The van der Waals surface area contributed by atoms with E-state index in [0.29, 0.717) is 23.1 Å². The Kier molecular flexibility index (Phi) is 4.86. The van der Waals surface area contributed by atoms with E-state index in [0.717, 1.165) is 11.3 Å². The summed E-state index contributed by atoms with van der Waals surface area (Å²) in [6.45, 7) is 0.242. The van der Waals surface area contributed by atoms with Crippen LogP contribution < -0.4 is 14.8 Å². The van der Waals surface area contributed by atoms with E-state index in [1.165, 1.54) is 0 Å². The fourth-order valence-electron chi connectivity index (χ4n) is 2.17. The third-order valence-corrected chi connectivity index (χ3v) is 3.59. The van der Waals surface area contributed by atoms with Gasteiger partial charge in [0.2, 0.25) is 0 Å². The van der Waals surface area contributed by atoms with Crippen molar-refractivity contribution < 1.29 is 14.3 Å². The SMILES string of the molecule is COc1cccc(OCC(=O)NCc2cn3ccc(Cl)cc3n2)c1. The first-order valence-electron chi connectivity index (χ1n) is 7.31. The van der Waals surface area contributed by atoms with Crippen LogP contribution in [0.25, 0.3) is 5.65 Å². The topological polar surface area (TPSA) is 64.9 Å². The van der Waals surface area contributed by atoms with Crippen LogP contribution in [0.4, 0.5) is 0 Å². The number of ether oxygens (including phenoxy) is 2. The molecule has 6 nitrogen and oxygen atoms in total. The first-order valence-corrected chi connectivity index (χ1v) is 7.68. The number of pyridine rings is 1. The van der Waals surface area contributed by atoms with Gasteiger partial charge >= 0.3 is 0 Å². The molecule has 0 aliphatic carbocycles. The summed E-state index contributed by atoms with van der Waals surface area (Å²) in [5, 5.41) is 3.39. The Bertz CT molecular complexity index is 863. The molecule has 3 rings (SSSR count). The minimum Gasteiger partial charge on any atom is -0.497 e. The molecule has 7 heteroatoms. The fourth-order valence-corrected chi connectivity index (χ4v) is 2.33. The molecule has 2 aromatic heterocycles. The Balaban J connectivity index is 1.52. The minimum atomic E-state index is -0.229. The average molecular weight is 346 g/mol. The minimum absolute atomic E-state index is 0.0770. The van der Waals surface area contributed by atoms with Gasteiger partial charge in [-0.1, -0.05) is 17.7 Å². The largest absolute Gasteiger partial charge is 0.497 e. The van der Waals surface area contributed by atoms with E-state index in [2.05, 4.69) is 10.3 Å². The lowest BCUT2D eigenvalue weighted by atomic mass is 10.3. The number of halogens is 1. The van der Waals surface area contributed by atoms with Crippen molar-refractivity contribution in [1.29, 1.82) is 0 Å². The van der Waals surface area contributed by atoms with Crippen molar-refractivity contribution >= 4 is 23.2 Å². The summed E-state index contributed by atoms with van der Waals surface area (Å²) in [6.07, 6.45) is 3.66. The van der Waals surface area contributed by atoms with E-state index in [-0.39, 0.29) is 12.5 Å². The predicted molar refractivity (Wildman–Crippen MR) is 90.5 cm³/mol. The van der Waals surface area contributed by atoms with E-state index in [9.17, 15) is 4.79 Å². The second kappa shape index (κ2) is 7.23. The zero-order chi connectivity index (χ0) is 16.9. The molecule has 0 aliphatic rings. The van der Waals surface area contributed by atoms with Crippen molar-refractivity contribution in [2.45, 2.75) is 6.54 Å². The Hall–Kier alpha value is -2.73. The summed E-state index contributed by atoms with van der Waals surface area (Å²) in [5.41, 5.74) is 1.48. The zero-order valence-electron chi connectivity index (χ0n) is 13.0. The van der Waals surface area contributed by atoms with Crippen LogP contribution in [0.15, 0.2) is 48.8 Å². The number of imidazole rings is 1. The third kappa shape index (κ3) is 3.97. The fraction of sp³-hybridized carbons (Fsp3) is 0.176. The molecule has 0 bridgehead atoms. The number of nitrogens with one attached hydrogen (secondary N) is 1. The van der Waals surface area contributed by atoms with E-state index in [1.807, 2.05) is 22.9 Å². The zero-order valence-corrected chi connectivity index (χ0v) is 13.8. The smallest absolute Gasteiger partial charge is 0.258 e. The molecular formula is C17H16ClN3O3. The lowest BCUT2D eigenvalue weighted by Gasteiger charge is -2.07. The standard InChI is InChI=1S/C17H16ClN3O3/c1-23-14-3-2-4-15(8-14)24-11-17(22)19-9-13-10-21-6-5-12(18)7-16(21)20-13/h2-8,10H,9,11H2,1H3,(H,19,22). The maximum atomic E-state index is 11.9. The van der Waals surface area contributed by atoms with E-state index < -0.39 is 0 Å². The summed E-state index contributed by atoms with van der Waals surface area (Å²) in [5.74, 6) is 1.02. The summed E-state index contributed by atoms with van der Waals surface area (Å²) < 4.78 is 12.4. The number of carbonyl (C=O) groups excluding carboxylic acids is 1. The van der Waals surface area contributed by atoms with Gasteiger partial charge in [0.05, 0.1) is 19.3 Å². The van der Waals surface area contributed by atoms with E-state index >= 15 is 0 Å². The summed E-state index contributed by atoms with van der Waals surface area (Å²) >= 11 is 5.93. The van der Waals surface area contributed by atoms with Crippen LogP contribution in [-0.4, -0.2) is 29.0 Å². The number of rotatable bonds is 6. The first kappa shape index (κ1) is 16.1. The quantitative estimate of drug-likeness (QED) is 0.746. The molecule has 1 N–H and O–H groups in total. The van der Waals surface area contributed by atoms with Crippen molar-refractivity contribution in [1.82, 2.24) is 14.7 Å². The second-order valence-electron chi connectivity index (χ2n) is 5.09. The van der Waals surface area contributed by atoms with Crippen molar-refractivity contribution in [3.05, 3.63) is 59.5 Å². The van der Waals surface area contributed by atoms with Gasteiger partial charge in [0.15, 0.2) is 6.61 Å². The molecule has 0 saturated heterocycles. The average Bonchev–Trinajstić information content (AvgIpc) is 3.00. The predicted octanol–water partition coefficient (Wildman–Crippen LogP) is 2.69. The van der Waals surface area contributed by atoms with Crippen LogP contribution in [0.1, 0.15) is 5.69 Å². The van der Waals surface area contributed by atoms with Gasteiger partial charge < -0.3 is 19.2 Å². The number of benzene rings is 1. The van der Waals surface area contributed by atoms with Crippen LogP contribution in [-0.2, 0) is 11.3 Å². The van der Waals surface area contributed by atoms with Crippen LogP contribution in [0.5, 0.6) is 11.5 Å². The van der Waals surface area contributed by atoms with Crippen LogP contribution >= 0.6 is 11.6 Å². The summed E-state index contributed by atoms with van der Waals surface area (Å²) in [4.78, 5) is 16.3. The first-order chi connectivity index (χ1) is 11.6. The number of nitrogens with zero attached hydrogens (tertiary/aromatic N) is 2. The van der Waals surface area contributed by atoms with Gasteiger partial charge in [-0.15, -0.1) is 0 Å². The monoisotopic (exact) mass is 345 g/mol. The Morgan fingerprint density at radius 2 is 2.12 bits per heavy atom. The van der Waals surface area contributed by atoms with E-state index in [1.54, 1.807) is 37.4 Å². The molecule has 0 fully saturated rings. The van der Waals surface area contributed by atoms with Crippen molar-refractivity contribution in [3.63, 3.8) is 0 Å². The van der Waals surface area contributed by atoms with Crippen LogP contribution in [0.3, 0.4) is 0 Å². The number of methoxy groups -OCH3 is 1. The molecule has 0 unspecified atom stereocenters. The number of amides is 1. The van der Waals surface area contributed by atoms with Gasteiger partial charge in [-0.3, -0.25) is 4.79 Å². The molecular weight excluding hydrogens is 330 g/mol. The number of carbonyl (C=O) groups is 1. The summed E-state index contributed by atoms with van der Waals surface area (Å²) in [7, 11) is 1.58. The Morgan fingerprint density at radius 1 is 1.29 bits per heavy atom. The van der Waals surface area contributed by atoms with Gasteiger partial charge in [-0.05, 0) is 24.3 Å². The highest BCUT2D eigenvalue weighted by Crippen LogP contribution is 2.18. The van der Waals surface area contributed by atoms with Crippen molar-refractivity contribution in [2.75, 3.05) is 13.7 Å². The normalized spacial score (nSPS) is 10.6. The van der Waals surface area contributed by atoms with Crippen molar-refractivity contribution in [2.24, 2.45) is 0 Å². The molecule has 3 aromatic rings. The van der Waals surface area contributed by atoms with Gasteiger partial charge in [-0.2, -0.15) is 0 Å². The molecule has 124 valence electrons.